The van der Waals surface area contributed by atoms with Gasteiger partial charge in [-0.1, -0.05) is 19.9 Å². The van der Waals surface area contributed by atoms with Crippen molar-refractivity contribution in [2.45, 2.75) is 20.8 Å². The van der Waals surface area contributed by atoms with Crippen LogP contribution in [0.4, 0.5) is 5.69 Å². The number of benzene rings is 1. The molecule has 2 N–H and O–H groups in total. The number of hydrogen-bond donors (Lipinski definition) is 2. The zero-order valence-corrected chi connectivity index (χ0v) is 12.6. The van der Waals surface area contributed by atoms with Gasteiger partial charge in [0.15, 0.2) is 0 Å². The number of carboxylic acid groups (broad SMARTS) is 1. The van der Waals surface area contributed by atoms with Crippen LogP contribution in [0.5, 0.6) is 0 Å². The van der Waals surface area contributed by atoms with Gasteiger partial charge in [-0.25, -0.2) is 0 Å². The SMILES string of the molecule is Cc1ccc(NC(=O)[C@H]2[C@@H](C(=O)O)C2(C)C)c(Br)c1. The quantitative estimate of drug-likeness (QED) is 0.897. The average molecular weight is 326 g/mol. The lowest BCUT2D eigenvalue weighted by Crippen LogP contribution is -2.18. The standard InChI is InChI=1S/C14H16BrNO3/c1-7-4-5-9(8(15)6-7)16-12(17)10-11(13(18)19)14(10,2)3/h4-6,10-11H,1-3H3,(H,16,17)(H,18,19)/t10-,11+/m1/s1. The van der Waals surface area contributed by atoms with E-state index in [2.05, 4.69) is 21.2 Å². The molecule has 1 saturated carbocycles. The van der Waals surface area contributed by atoms with Crippen LogP contribution >= 0.6 is 15.9 Å². The topological polar surface area (TPSA) is 66.4 Å². The molecule has 1 aromatic carbocycles. The van der Waals surface area contributed by atoms with Crippen molar-refractivity contribution in [3.8, 4) is 0 Å². The lowest BCUT2D eigenvalue weighted by atomic mass is 10.1. The maximum Gasteiger partial charge on any atom is 0.307 e. The number of carbonyl (C=O) groups is 2. The van der Waals surface area contributed by atoms with E-state index in [1.807, 2.05) is 25.1 Å². The summed E-state index contributed by atoms with van der Waals surface area (Å²) in [6.07, 6.45) is 0. The number of carboxylic acids is 1. The summed E-state index contributed by atoms with van der Waals surface area (Å²) in [7, 11) is 0. The molecule has 1 aliphatic carbocycles. The first-order chi connectivity index (χ1) is 8.75. The van der Waals surface area contributed by atoms with Crippen molar-refractivity contribution in [1.29, 1.82) is 0 Å². The molecule has 2 atom stereocenters. The van der Waals surface area contributed by atoms with Crippen LogP contribution in [-0.2, 0) is 9.59 Å². The third-order valence-corrected chi connectivity index (χ3v) is 4.41. The van der Waals surface area contributed by atoms with E-state index < -0.39 is 23.2 Å². The van der Waals surface area contributed by atoms with Crippen molar-refractivity contribution in [1.82, 2.24) is 0 Å². The molecular formula is C14H16BrNO3. The normalized spacial score (nSPS) is 23.8. The highest BCUT2D eigenvalue weighted by Gasteiger charge is 2.65. The number of carbonyl (C=O) groups excluding carboxylic acids is 1. The summed E-state index contributed by atoms with van der Waals surface area (Å²) >= 11 is 3.39. The highest BCUT2D eigenvalue weighted by Crippen LogP contribution is 2.58. The fourth-order valence-electron chi connectivity index (χ4n) is 2.52. The second-order valence-corrected chi connectivity index (χ2v) is 6.44. The van der Waals surface area contributed by atoms with Crippen LogP contribution in [-0.4, -0.2) is 17.0 Å². The molecule has 0 spiro atoms. The summed E-state index contributed by atoms with van der Waals surface area (Å²) in [6, 6.07) is 5.61. The minimum Gasteiger partial charge on any atom is -0.481 e. The van der Waals surface area contributed by atoms with Crippen LogP contribution in [0, 0.1) is 24.2 Å². The van der Waals surface area contributed by atoms with E-state index in [9.17, 15) is 9.59 Å². The largest absolute Gasteiger partial charge is 0.481 e. The number of aryl methyl sites for hydroxylation is 1. The third-order valence-electron chi connectivity index (χ3n) is 3.76. The van der Waals surface area contributed by atoms with Crippen LogP contribution in [0.15, 0.2) is 22.7 Å². The third kappa shape index (κ3) is 2.52. The highest BCUT2D eigenvalue weighted by molar-refractivity contribution is 9.10. The maximum absolute atomic E-state index is 12.1. The van der Waals surface area contributed by atoms with Gasteiger partial charge in [0.2, 0.25) is 5.91 Å². The van der Waals surface area contributed by atoms with E-state index in [1.165, 1.54) is 0 Å². The molecule has 0 aromatic heterocycles. The van der Waals surface area contributed by atoms with Crippen molar-refractivity contribution in [3.05, 3.63) is 28.2 Å². The Morgan fingerprint density at radius 2 is 1.95 bits per heavy atom. The molecule has 0 radical (unpaired) electrons. The zero-order valence-electron chi connectivity index (χ0n) is 11.0. The molecule has 4 nitrogen and oxygen atoms in total. The first kappa shape index (κ1) is 14.1. The Hall–Kier alpha value is -1.36. The lowest BCUT2D eigenvalue weighted by Gasteiger charge is -2.08. The van der Waals surface area contributed by atoms with Gasteiger partial charge >= 0.3 is 5.97 Å². The number of nitrogens with one attached hydrogen (secondary N) is 1. The number of aliphatic carboxylic acids is 1. The Bertz CT molecular complexity index is 554. The Morgan fingerprint density at radius 1 is 1.32 bits per heavy atom. The number of amides is 1. The molecule has 19 heavy (non-hydrogen) atoms. The Morgan fingerprint density at radius 3 is 2.42 bits per heavy atom. The van der Waals surface area contributed by atoms with Crippen molar-refractivity contribution in [2.75, 3.05) is 5.32 Å². The van der Waals surface area contributed by atoms with Crippen molar-refractivity contribution >= 4 is 33.5 Å². The van der Waals surface area contributed by atoms with Crippen LogP contribution in [0.3, 0.4) is 0 Å². The van der Waals surface area contributed by atoms with E-state index in [0.29, 0.717) is 5.69 Å². The smallest absolute Gasteiger partial charge is 0.307 e. The van der Waals surface area contributed by atoms with Crippen molar-refractivity contribution in [3.63, 3.8) is 0 Å². The van der Waals surface area contributed by atoms with E-state index >= 15 is 0 Å². The first-order valence-electron chi connectivity index (χ1n) is 6.05. The van der Waals surface area contributed by atoms with Crippen LogP contribution in [0.25, 0.3) is 0 Å². The summed E-state index contributed by atoms with van der Waals surface area (Å²) in [5.41, 5.74) is 1.27. The zero-order chi connectivity index (χ0) is 14.4. The summed E-state index contributed by atoms with van der Waals surface area (Å²) in [4.78, 5) is 23.2. The summed E-state index contributed by atoms with van der Waals surface area (Å²) < 4.78 is 0.797. The van der Waals surface area contributed by atoms with Gasteiger partial charge in [0, 0.05) is 4.47 Å². The van der Waals surface area contributed by atoms with Gasteiger partial charge in [-0.2, -0.15) is 0 Å². The molecular weight excluding hydrogens is 310 g/mol. The number of anilines is 1. The first-order valence-corrected chi connectivity index (χ1v) is 6.84. The van der Waals surface area contributed by atoms with E-state index in [-0.39, 0.29) is 5.91 Å². The molecule has 102 valence electrons. The molecule has 1 fully saturated rings. The van der Waals surface area contributed by atoms with Gasteiger partial charge in [-0.15, -0.1) is 0 Å². The molecule has 1 aliphatic rings. The fourth-order valence-corrected chi connectivity index (χ4v) is 3.11. The molecule has 1 aromatic rings. The maximum atomic E-state index is 12.1. The summed E-state index contributed by atoms with van der Waals surface area (Å²) in [5.74, 6) is -2.22. The number of hydrogen-bond acceptors (Lipinski definition) is 2. The molecule has 0 aliphatic heterocycles. The van der Waals surface area contributed by atoms with Gasteiger partial charge in [0.05, 0.1) is 17.5 Å². The number of halogens is 1. The van der Waals surface area contributed by atoms with Gasteiger partial charge in [0.1, 0.15) is 0 Å². The predicted molar refractivity (Wildman–Crippen MR) is 75.9 cm³/mol. The lowest BCUT2D eigenvalue weighted by molar-refractivity contribution is -0.140. The monoisotopic (exact) mass is 325 g/mol. The fraction of sp³-hybridized carbons (Fsp3) is 0.429. The second kappa shape index (κ2) is 4.63. The van der Waals surface area contributed by atoms with Crippen LogP contribution in [0.1, 0.15) is 19.4 Å². The summed E-state index contributed by atoms with van der Waals surface area (Å²) in [5, 5.41) is 11.9. The van der Waals surface area contributed by atoms with Crippen LogP contribution < -0.4 is 5.32 Å². The van der Waals surface area contributed by atoms with E-state index in [4.69, 9.17) is 5.11 Å². The Balaban J connectivity index is 2.13. The number of rotatable bonds is 3. The Labute approximate surface area is 120 Å². The second-order valence-electron chi connectivity index (χ2n) is 5.59. The van der Waals surface area contributed by atoms with E-state index in [0.717, 1.165) is 10.0 Å². The van der Waals surface area contributed by atoms with Gasteiger partial charge in [-0.3, -0.25) is 9.59 Å². The average Bonchev–Trinajstić information content (AvgIpc) is 2.86. The molecule has 0 unspecified atom stereocenters. The molecule has 0 bridgehead atoms. The molecule has 0 heterocycles. The molecule has 5 heteroatoms. The van der Waals surface area contributed by atoms with Crippen molar-refractivity contribution in [2.24, 2.45) is 17.3 Å². The molecule has 1 amide bonds. The van der Waals surface area contributed by atoms with Gasteiger partial charge in [-0.05, 0) is 46.0 Å². The van der Waals surface area contributed by atoms with Gasteiger partial charge < -0.3 is 10.4 Å². The minimum atomic E-state index is -0.909. The van der Waals surface area contributed by atoms with Gasteiger partial charge in [0.25, 0.3) is 0 Å². The Kier molecular flexibility index (Phi) is 3.43. The molecule has 0 saturated heterocycles. The molecule has 2 rings (SSSR count). The van der Waals surface area contributed by atoms with E-state index in [1.54, 1.807) is 13.8 Å². The predicted octanol–water partition coefficient (Wildman–Crippen LogP) is 3.05. The summed E-state index contributed by atoms with van der Waals surface area (Å²) in [6.45, 7) is 5.57. The highest BCUT2D eigenvalue weighted by atomic mass is 79.9. The van der Waals surface area contributed by atoms with Crippen molar-refractivity contribution < 1.29 is 14.7 Å². The van der Waals surface area contributed by atoms with Crippen LogP contribution in [0.2, 0.25) is 0 Å². The minimum absolute atomic E-state index is 0.234.